The molecule has 0 fully saturated rings. The normalized spacial score (nSPS) is 12.1. The Labute approximate surface area is 102 Å². The van der Waals surface area contributed by atoms with E-state index in [1.165, 1.54) is 5.56 Å². The monoisotopic (exact) mass is 227 g/mol. The van der Waals surface area contributed by atoms with Gasteiger partial charge in [0.1, 0.15) is 0 Å². The van der Waals surface area contributed by atoms with Crippen LogP contribution in [0.25, 0.3) is 0 Å². The van der Waals surface area contributed by atoms with Crippen LogP contribution in [0.2, 0.25) is 0 Å². The second-order valence-corrected chi connectivity index (χ2v) is 4.05. The average Bonchev–Trinajstić information content (AvgIpc) is 2.39. The van der Waals surface area contributed by atoms with Crippen molar-refractivity contribution in [3.63, 3.8) is 0 Å². The first-order chi connectivity index (χ1) is 8.29. The highest BCUT2D eigenvalue weighted by atomic mass is 15.0. The highest BCUT2D eigenvalue weighted by Gasteiger charge is 2.09. The lowest BCUT2D eigenvalue weighted by atomic mass is 10.1. The summed E-state index contributed by atoms with van der Waals surface area (Å²) in [5.74, 6) is 0. The van der Waals surface area contributed by atoms with E-state index in [1.54, 1.807) is 6.20 Å². The molecule has 3 nitrogen and oxygen atoms in total. The summed E-state index contributed by atoms with van der Waals surface area (Å²) < 4.78 is 0. The zero-order valence-corrected chi connectivity index (χ0v) is 9.93. The molecule has 0 aliphatic rings. The fourth-order valence-electron chi connectivity index (χ4n) is 1.69. The number of benzene rings is 1. The number of nitrogens with one attached hydrogen (secondary N) is 1. The maximum absolute atomic E-state index is 5.78. The largest absolute Gasteiger partial charge is 0.375 e. The smallest absolute Gasteiger partial charge is 0.0807 e. The van der Waals surface area contributed by atoms with Gasteiger partial charge in [0.2, 0.25) is 0 Å². The predicted molar refractivity (Wildman–Crippen MR) is 70.8 cm³/mol. The first-order valence-corrected chi connectivity index (χ1v) is 5.74. The molecule has 3 heteroatoms. The maximum Gasteiger partial charge on any atom is 0.0807 e. The van der Waals surface area contributed by atoms with E-state index in [9.17, 15) is 0 Å². The molecule has 88 valence electrons. The maximum atomic E-state index is 5.78. The molecule has 1 unspecified atom stereocenters. The van der Waals surface area contributed by atoms with Crippen LogP contribution in [0.4, 0.5) is 5.69 Å². The highest BCUT2D eigenvalue weighted by Crippen LogP contribution is 2.17. The first-order valence-electron chi connectivity index (χ1n) is 5.74. The van der Waals surface area contributed by atoms with Crippen LogP contribution in [0.5, 0.6) is 0 Å². The fraction of sp³-hybridized carbons (Fsp3) is 0.214. The van der Waals surface area contributed by atoms with Gasteiger partial charge in [-0.05, 0) is 31.2 Å². The third-order valence-corrected chi connectivity index (χ3v) is 2.67. The van der Waals surface area contributed by atoms with Crippen molar-refractivity contribution in [3.05, 3.63) is 59.9 Å². The molecule has 2 aromatic rings. The number of hydrogen-bond donors (Lipinski definition) is 2. The summed E-state index contributed by atoms with van der Waals surface area (Å²) in [7, 11) is 0. The van der Waals surface area contributed by atoms with Crippen LogP contribution < -0.4 is 11.1 Å². The summed E-state index contributed by atoms with van der Waals surface area (Å²) in [6.07, 6.45) is 1.79. The lowest BCUT2D eigenvalue weighted by Gasteiger charge is -2.17. The summed E-state index contributed by atoms with van der Waals surface area (Å²) in [5, 5.41) is 3.38. The number of rotatable bonds is 4. The minimum atomic E-state index is 0.0545. The van der Waals surface area contributed by atoms with Gasteiger partial charge in [0.15, 0.2) is 0 Å². The van der Waals surface area contributed by atoms with E-state index in [1.807, 2.05) is 18.2 Å². The Bertz CT molecular complexity index is 451. The van der Waals surface area contributed by atoms with E-state index >= 15 is 0 Å². The van der Waals surface area contributed by atoms with Gasteiger partial charge in [-0.15, -0.1) is 0 Å². The standard InChI is InChI=1S/C14H17N3/c1-11-5-7-12(8-6-11)17-14(10-15)13-4-2-3-9-16-13/h2-9,14,17H,10,15H2,1H3. The van der Waals surface area contributed by atoms with E-state index in [2.05, 4.69) is 41.5 Å². The molecule has 0 aliphatic heterocycles. The van der Waals surface area contributed by atoms with E-state index in [-0.39, 0.29) is 6.04 Å². The minimum absolute atomic E-state index is 0.0545. The van der Waals surface area contributed by atoms with Gasteiger partial charge < -0.3 is 11.1 Å². The quantitative estimate of drug-likeness (QED) is 0.843. The molecule has 1 atom stereocenters. The molecule has 0 spiro atoms. The van der Waals surface area contributed by atoms with Crippen LogP contribution in [0.3, 0.4) is 0 Å². The van der Waals surface area contributed by atoms with Gasteiger partial charge in [-0.1, -0.05) is 23.8 Å². The molecule has 0 amide bonds. The number of aromatic nitrogens is 1. The van der Waals surface area contributed by atoms with Crippen LogP contribution >= 0.6 is 0 Å². The SMILES string of the molecule is Cc1ccc(NC(CN)c2ccccn2)cc1. The van der Waals surface area contributed by atoms with Crippen molar-refractivity contribution in [1.82, 2.24) is 4.98 Å². The summed E-state index contributed by atoms with van der Waals surface area (Å²) in [5.41, 5.74) is 9.06. The van der Waals surface area contributed by atoms with Crippen molar-refractivity contribution in [1.29, 1.82) is 0 Å². The van der Waals surface area contributed by atoms with Gasteiger partial charge in [-0.25, -0.2) is 0 Å². The summed E-state index contributed by atoms with van der Waals surface area (Å²) in [4.78, 5) is 4.32. The Morgan fingerprint density at radius 3 is 2.53 bits per heavy atom. The lowest BCUT2D eigenvalue weighted by Crippen LogP contribution is -2.21. The van der Waals surface area contributed by atoms with E-state index < -0.39 is 0 Å². The lowest BCUT2D eigenvalue weighted by molar-refractivity contribution is 0.760. The van der Waals surface area contributed by atoms with Crippen molar-refractivity contribution in [3.8, 4) is 0 Å². The van der Waals surface area contributed by atoms with E-state index in [0.29, 0.717) is 6.54 Å². The van der Waals surface area contributed by atoms with Gasteiger partial charge >= 0.3 is 0 Å². The second-order valence-electron chi connectivity index (χ2n) is 4.05. The molecule has 0 saturated carbocycles. The second kappa shape index (κ2) is 5.46. The molecule has 0 radical (unpaired) electrons. The molecule has 0 saturated heterocycles. The van der Waals surface area contributed by atoms with Gasteiger partial charge in [-0.2, -0.15) is 0 Å². The van der Waals surface area contributed by atoms with Gasteiger partial charge in [0.25, 0.3) is 0 Å². The van der Waals surface area contributed by atoms with Gasteiger partial charge in [-0.3, -0.25) is 4.98 Å². The molecule has 1 aromatic heterocycles. The summed E-state index contributed by atoms with van der Waals surface area (Å²) in [6.45, 7) is 2.59. The fourth-order valence-corrected chi connectivity index (χ4v) is 1.69. The van der Waals surface area contributed by atoms with Crippen molar-refractivity contribution in [2.24, 2.45) is 5.73 Å². The molecule has 3 N–H and O–H groups in total. The molecule has 0 aliphatic carbocycles. The average molecular weight is 227 g/mol. The van der Waals surface area contributed by atoms with Gasteiger partial charge in [0, 0.05) is 18.4 Å². The first kappa shape index (κ1) is 11.6. The van der Waals surface area contributed by atoms with E-state index in [4.69, 9.17) is 5.73 Å². The van der Waals surface area contributed by atoms with Crippen LogP contribution in [0.1, 0.15) is 17.3 Å². The number of aryl methyl sites for hydroxylation is 1. The number of pyridine rings is 1. The Morgan fingerprint density at radius 2 is 1.94 bits per heavy atom. The predicted octanol–water partition coefficient (Wildman–Crippen LogP) is 2.50. The van der Waals surface area contributed by atoms with Gasteiger partial charge in [0.05, 0.1) is 11.7 Å². The number of nitrogens with two attached hydrogens (primary N) is 1. The number of hydrogen-bond acceptors (Lipinski definition) is 3. The highest BCUT2D eigenvalue weighted by molar-refractivity contribution is 5.46. The molecular weight excluding hydrogens is 210 g/mol. The van der Waals surface area contributed by atoms with Crippen molar-refractivity contribution in [2.75, 3.05) is 11.9 Å². The van der Waals surface area contributed by atoms with Crippen molar-refractivity contribution < 1.29 is 0 Å². The van der Waals surface area contributed by atoms with Crippen LogP contribution in [0.15, 0.2) is 48.7 Å². The third kappa shape index (κ3) is 3.04. The molecular formula is C14H17N3. The number of anilines is 1. The number of nitrogens with zero attached hydrogens (tertiary/aromatic N) is 1. The molecule has 17 heavy (non-hydrogen) atoms. The molecule has 1 heterocycles. The van der Waals surface area contributed by atoms with Crippen LogP contribution in [0, 0.1) is 6.92 Å². The minimum Gasteiger partial charge on any atom is -0.375 e. The Kier molecular flexibility index (Phi) is 3.73. The van der Waals surface area contributed by atoms with Crippen molar-refractivity contribution in [2.45, 2.75) is 13.0 Å². The molecule has 1 aromatic carbocycles. The van der Waals surface area contributed by atoms with E-state index in [0.717, 1.165) is 11.4 Å². The Morgan fingerprint density at radius 1 is 1.18 bits per heavy atom. The topological polar surface area (TPSA) is 50.9 Å². The zero-order valence-electron chi connectivity index (χ0n) is 9.93. The molecule has 0 bridgehead atoms. The zero-order chi connectivity index (χ0) is 12.1. The Hall–Kier alpha value is -1.87. The Balaban J connectivity index is 2.13. The summed E-state index contributed by atoms with van der Waals surface area (Å²) >= 11 is 0. The van der Waals surface area contributed by atoms with Crippen molar-refractivity contribution >= 4 is 5.69 Å². The third-order valence-electron chi connectivity index (χ3n) is 2.67. The summed E-state index contributed by atoms with van der Waals surface area (Å²) in [6, 6.07) is 14.2. The molecule has 2 rings (SSSR count). The van der Waals surface area contributed by atoms with Crippen LogP contribution in [-0.2, 0) is 0 Å². The van der Waals surface area contributed by atoms with Crippen LogP contribution in [-0.4, -0.2) is 11.5 Å².